The summed E-state index contributed by atoms with van der Waals surface area (Å²) in [6.45, 7) is 2.28. The fourth-order valence-corrected chi connectivity index (χ4v) is 1.86. The van der Waals surface area contributed by atoms with Crippen LogP contribution < -0.4 is 11.1 Å². The number of anilines is 1. The van der Waals surface area contributed by atoms with Crippen molar-refractivity contribution in [3.8, 4) is 0 Å². The van der Waals surface area contributed by atoms with Gasteiger partial charge in [-0.1, -0.05) is 17.7 Å². The van der Waals surface area contributed by atoms with Crippen LogP contribution in [0, 0.1) is 18.6 Å². The van der Waals surface area contributed by atoms with Crippen LogP contribution >= 0.6 is 0 Å². The third kappa shape index (κ3) is 4.56. The molecule has 0 unspecified atom stereocenters. The molecular weight excluding hydrogens is 272 g/mol. The predicted molar refractivity (Wildman–Crippen MR) is 81.4 cm³/mol. The van der Waals surface area contributed by atoms with E-state index in [2.05, 4.69) is 10.3 Å². The molecule has 0 aliphatic rings. The highest BCUT2D eigenvalue weighted by Crippen LogP contribution is 2.11. The molecule has 0 bridgehead atoms. The van der Waals surface area contributed by atoms with Crippen molar-refractivity contribution in [2.75, 3.05) is 11.9 Å². The third-order valence-corrected chi connectivity index (χ3v) is 3.00. The lowest BCUT2D eigenvalue weighted by Crippen LogP contribution is -2.23. The summed E-state index contributed by atoms with van der Waals surface area (Å²) < 4.78 is 26.4. The molecule has 0 atom stereocenters. The summed E-state index contributed by atoms with van der Waals surface area (Å²) in [7, 11) is 0. The minimum absolute atomic E-state index is 0.246. The van der Waals surface area contributed by atoms with Crippen LogP contribution in [0.5, 0.6) is 0 Å². The normalized spacial score (nSPS) is 11.5. The molecule has 0 fully saturated rings. The molecule has 0 aliphatic carbocycles. The Morgan fingerprint density at radius 3 is 2.57 bits per heavy atom. The van der Waals surface area contributed by atoms with Gasteiger partial charge in [0.25, 0.3) is 0 Å². The average molecular weight is 289 g/mol. The maximum Gasteiger partial charge on any atom is 0.193 e. The van der Waals surface area contributed by atoms with Crippen LogP contribution in [0.1, 0.15) is 11.1 Å². The molecule has 21 heavy (non-hydrogen) atoms. The number of nitrogens with two attached hydrogens (primary N) is 1. The Morgan fingerprint density at radius 2 is 1.86 bits per heavy atom. The first-order valence-electron chi connectivity index (χ1n) is 6.62. The largest absolute Gasteiger partial charge is 0.370 e. The Hall–Kier alpha value is -2.43. The maximum atomic E-state index is 13.4. The van der Waals surface area contributed by atoms with Gasteiger partial charge in [0, 0.05) is 12.2 Å². The molecule has 0 saturated heterocycles. The summed E-state index contributed by atoms with van der Waals surface area (Å²) >= 11 is 0. The second kappa shape index (κ2) is 6.83. The molecule has 0 heterocycles. The van der Waals surface area contributed by atoms with Gasteiger partial charge in [-0.3, -0.25) is 4.99 Å². The second-order valence-corrected chi connectivity index (χ2v) is 4.74. The number of hydrogen-bond donors (Lipinski definition) is 2. The fraction of sp³-hybridized carbons (Fsp3) is 0.188. The summed E-state index contributed by atoms with van der Waals surface area (Å²) in [5.74, 6) is -0.645. The van der Waals surface area contributed by atoms with Gasteiger partial charge in [-0.25, -0.2) is 8.78 Å². The molecule has 2 aromatic rings. The van der Waals surface area contributed by atoms with E-state index in [4.69, 9.17) is 5.73 Å². The Labute approximate surface area is 122 Å². The molecule has 5 heteroatoms. The summed E-state index contributed by atoms with van der Waals surface area (Å²) in [6, 6.07) is 11.1. The predicted octanol–water partition coefficient (Wildman–Crippen LogP) is 3.24. The molecule has 3 N–H and O–H groups in total. The van der Waals surface area contributed by atoms with Gasteiger partial charge in [0.05, 0.1) is 0 Å². The smallest absolute Gasteiger partial charge is 0.193 e. The minimum Gasteiger partial charge on any atom is -0.370 e. The molecule has 0 aromatic heterocycles. The molecule has 2 aromatic carbocycles. The highest BCUT2D eigenvalue weighted by Gasteiger charge is 2.03. The first kappa shape index (κ1) is 15.0. The Balaban J connectivity index is 1.91. The number of aliphatic imine (C=N–C) groups is 1. The number of rotatable bonds is 4. The number of benzene rings is 2. The van der Waals surface area contributed by atoms with E-state index in [9.17, 15) is 8.78 Å². The third-order valence-electron chi connectivity index (χ3n) is 3.00. The molecule has 0 radical (unpaired) electrons. The molecule has 110 valence electrons. The zero-order valence-electron chi connectivity index (χ0n) is 11.7. The monoisotopic (exact) mass is 289 g/mol. The molecule has 0 amide bonds. The summed E-state index contributed by atoms with van der Waals surface area (Å²) in [6.07, 6.45) is 0.292. The molecule has 0 saturated carbocycles. The molecule has 0 spiro atoms. The van der Waals surface area contributed by atoms with Gasteiger partial charge in [-0.15, -0.1) is 0 Å². The number of nitrogens with one attached hydrogen (secondary N) is 1. The van der Waals surface area contributed by atoms with E-state index < -0.39 is 11.6 Å². The van der Waals surface area contributed by atoms with Crippen LogP contribution in [-0.2, 0) is 6.42 Å². The Morgan fingerprint density at radius 1 is 1.14 bits per heavy atom. The maximum absolute atomic E-state index is 13.4. The van der Waals surface area contributed by atoms with Gasteiger partial charge >= 0.3 is 0 Å². The lowest BCUT2D eigenvalue weighted by molar-refractivity contribution is 0.585. The number of guanidine groups is 1. The fourth-order valence-electron chi connectivity index (χ4n) is 1.86. The van der Waals surface area contributed by atoms with Gasteiger partial charge in [-0.05, 0) is 49.2 Å². The first-order chi connectivity index (χ1) is 10.0. The zero-order chi connectivity index (χ0) is 15.2. The summed E-state index contributed by atoms with van der Waals surface area (Å²) in [5.41, 5.74) is 8.02. The van der Waals surface area contributed by atoms with Crippen molar-refractivity contribution in [1.82, 2.24) is 0 Å². The van der Waals surface area contributed by atoms with E-state index in [1.807, 2.05) is 31.2 Å². The van der Waals surface area contributed by atoms with Gasteiger partial charge in [0.15, 0.2) is 5.96 Å². The van der Waals surface area contributed by atoms with Crippen molar-refractivity contribution >= 4 is 11.6 Å². The van der Waals surface area contributed by atoms with Crippen molar-refractivity contribution in [2.24, 2.45) is 10.7 Å². The van der Waals surface area contributed by atoms with Gasteiger partial charge in [0.1, 0.15) is 11.6 Å². The van der Waals surface area contributed by atoms with Gasteiger partial charge < -0.3 is 11.1 Å². The van der Waals surface area contributed by atoms with E-state index >= 15 is 0 Å². The SMILES string of the molecule is Cc1ccc(NC(N)=NCCc2cc(F)ccc2F)cc1. The van der Waals surface area contributed by atoms with E-state index in [-0.39, 0.29) is 12.5 Å². The molecule has 2 rings (SSSR count). The van der Waals surface area contributed by atoms with Crippen molar-refractivity contribution in [1.29, 1.82) is 0 Å². The summed E-state index contributed by atoms with van der Waals surface area (Å²) in [5, 5.41) is 2.94. The van der Waals surface area contributed by atoms with Crippen molar-refractivity contribution in [3.63, 3.8) is 0 Å². The number of hydrogen-bond acceptors (Lipinski definition) is 1. The van der Waals surface area contributed by atoms with Crippen LogP contribution in [0.15, 0.2) is 47.5 Å². The van der Waals surface area contributed by atoms with Crippen molar-refractivity contribution < 1.29 is 8.78 Å². The van der Waals surface area contributed by atoms with Crippen LogP contribution in [-0.4, -0.2) is 12.5 Å². The Kier molecular flexibility index (Phi) is 4.87. The minimum atomic E-state index is -0.457. The van der Waals surface area contributed by atoms with Crippen LogP contribution in [0.4, 0.5) is 14.5 Å². The van der Waals surface area contributed by atoms with E-state index in [0.29, 0.717) is 12.0 Å². The van der Waals surface area contributed by atoms with Crippen molar-refractivity contribution in [2.45, 2.75) is 13.3 Å². The lowest BCUT2D eigenvalue weighted by atomic mass is 10.1. The number of aryl methyl sites for hydroxylation is 1. The number of nitrogens with zero attached hydrogens (tertiary/aromatic N) is 1. The molecule has 0 aliphatic heterocycles. The topological polar surface area (TPSA) is 50.4 Å². The lowest BCUT2D eigenvalue weighted by Gasteiger charge is -2.06. The van der Waals surface area contributed by atoms with Crippen LogP contribution in [0.25, 0.3) is 0 Å². The van der Waals surface area contributed by atoms with Crippen LogP contribution in [0.2, 0.25) is 0 Å². The van der Waals surface area contributed by atoms with E-state index in [1.165, 1.54) is 6.07 Å². The standard InChI is InChI=1S/C16H17F2N3/c1-11-2-5-14(6-3-11)21-16(19)20-9-8-12-10-13(17)4-7-15(12)18/h2-7,10H,8-9H2,1H3,(H3,19,20,21). The van der Waals surface area contributed by atoms with E-state index in [0.717, 1.165) is 23.4 Å². The highest BCUT2D eigenvalue weighted by atomic mass is 19.1. The molecular formula is C16H17F2N3. The highest BCUT2D eigenvalue weighted by molar-refractivity contribution is 5.92. The van der Waals surface area contributed by atoms with Gasteiger partial charge in [-0.2, -0.15) is 0 Å². The second-order valence-electron chi connectivity index (χ2n) is 4.74. The Bertz CT molecular complexity index is 636. The quantitative estimate of drug-likeness (QED) is 0.670. The summed E-state index contributed by atoms with van der Waals surface area (Å²) in [4.78, 5) is 4.10. The zero-order valence-corrected chi connectivity index (χ0v) is 11.7. The van der Waals surface area contributed by atoms with E-state index in [1.54, 1.807) is 0 Å². The van der Waals surface area contributed by atoms with Crippen molar-refractivity contribution in [3.05, 3.63) is 65.2 Å². The first-order valence-corrected chi connectivity index (χ1v) is 6.62. The molecule has 3 nitrogen and oxygen atoms in total. The van der Waals surface area contributed by atoms with Crippen LogP contribution in [0.3, 0.4) is 0 Å². The number of halogens is 2. The van der Waals surface area contributed by atoms with Gasteiger partial charge in [0.2, 0.25) is 0 Å². The average Bonchev–Trinajstić information content (AvgIpc) is 2.45.